The standard InChI is InChI=1S/C21H22BrNO4.C15H18O5/c1-3-20(24)27-13-5-4-12-26-17-9-7-16(8-10-17)21(25)23-19-11-6-15(2)14-18(19)22;1-3-14(16)20-11-5-4-10-19-13-8-6-12(7-9-13)15(17)18-2/h3,6-11,14H,1,4-5,12-13H2,2H3,(H,23,25);3,6-9H,1,4-5,10-11H2,2H3. The van der Waals surface area contributed by atoms with Crippen LogP contribution in [0.2, 0.25) is 0 Å². The second kappa shape index (κ2) is 21.8. The highest BCUT2D eigenvalue weighted by Crippen LogP contribution is 2.24. The number of nitrogens with one attached hydrogen (secondary N) is 1. The first-order chi connectivity index (χ1) is 22.7. The molecule has 250 valence electrons. The molecule has 0 fully saturated rings. The maximum Gasteiger partial charge on any atom is 0.337 e. The molecule has 0 unspecified atom stereocenters. The summed E-state index contributed by atoms with van der Waals surface area (Å²) in [6.07, 6.45) is 5.24. The molecule has 0 heterocycles. The number of hydrogen-bond donors (Lipinski definition) is 1. The summed E-state index contributed by atoms with van der Waals surface area (Å²) in [5.74, 6) is -0.0191. The van der Waals surface area contributed by atoms with Gasteiger partial charge in [0.1, 0.15) is 11.5 Å². The predicted molar refractivity (Wildman–Crippen MR) is 183 cm³/mol. The minimum absolute atomic E-state index is 0.185. The molecule has 0 atom stereocenters. The van der Waals surface area contributed by atoms with Crippen LogP contribution in [-0.4, -0.2) is 57.4 Å². The number of carbonyl (C=O) groups is 4. The largest absolute Gasteiger partial charge is 0.494 e. The van der Waals surface area contributed by atoms with E-state index in [9.17, 15) is 19.2 Å². The fourth-order valence-corrected chi connectivity index (χ4v) is 4.27. The van der Waals surface area contributed by atoms with E-state index in [1.807, 2.05) is 25.1 Å². The zero-order valence-corrected chi connectivity index (χ0v) is 28.2. The van der Waals surface area contributed by atoms with Crippen LogP contribution in [0.4, 0.5) is 5.69 Å². The Kier molecular flexibility index (Phi) is 17.7. The van der Waals surface area contributed by atoms with Crippen molar-refractivity contribution >= 4 is 45.4 Å². The normalized spacial score (nSPS) is 9.94. The van der Waals surface area contributed by atoms with Crippen molar-refractivity contribution in [1.82, 2.24) is 0 Å². The molecule has 0 aromatic heterocycles. The molecule has 0 aliphatic carbocycles. The zero-order chi connectivity index (χ0) is 34.4. The molecular formula is C36H40BrNO9. The summed E-state index contributed by atoms with van der Waals surface area (Å²) in [5, 5.41) is 2.88. The zero-order valence-electron chi connectivity index (χ0n) is 26.6. The third kappa shape index (κ3) is 15.3. The highest BCUT2D eigenvalue weighted by Gasteiger charge is 2.09. The van der Waals surface area contributed by atoms with Crippen LogP contribution in [0.3, 0.4) is 0 Å². The van der Waals surface area contributed by atoms with Crippen LogP contribution in [0.15, 0.2) is 96.5 Å². The molecule has 0 aliphatic heterocycles. The summed E-state index contributed by atoms with van der Waals surface area (Å²) in [6, 6.07) is 19.4. The van der Waals surface area contributed by atoms with E-state index in [2.05, 4.69) is 39.1 Å². The van der Waals surface area contributed by atoms with Gasteiger partial charge in [-0.25, -0.2) is 14.4 Å². The smallest absolute Gasteiger partial charge is 0.337 e. The Bertz CT molecular complexity index is 1470. The molecule has 1 amide bonds. The van der Waals surface area contributed by atoms with E-state index >= 15 is 0 Å². The Hall–Kier alpha value is -4.90. The molecule has 3 rings (SSSR count). The first-order valence-corrected chi connectivity index (χ1v) is 15.7. The number of halogens is 1. The van der Waals surface area contributed by atoms with Crippen molar-refractivity contribution < 1.29 is 42.9 Å². The number of hydrogen-bond acceptors (Lipinski definition) is 9. The molecule has 0 aliphatic rings. The quantitative estimate of drug-likeness (QED) is 0.0667. The monoisotopic (exact) mass is 709 g/mol. The van der Waals surface area contributed by atoms with Crippen LogP contribution in [0.5, 0.6) is 11.5 Å². The van der Waals surface area contributed by atoms with E-state index in [0.717, 1.165) is 47.1 Å². The maximum absolute atomic E-state index is 12.4. The van der Waals surface area contributed by atoms with E-state index in [4.69, 9.17) is 18.9 Å². The van der Waals surface area contributed by atoms with Gasteiger partial charge in [0, 0.05) is 22.2 Å². The molecule has 10 nitrogen and oxygen atoms in total. The summed E-state index contributed by atoms with van der Waals surface area (Å²) in [5.41, 5.74) is 2.87. The lowest BCUT2D eigenvalue weighted by atomic mass is 10.2. The molecule has 11 heteroatoms. The van der Waals surface area contributed by atoms with Crippen molar-refractivity contribution in [3.63, 3.8) is 0 Å². The van der Waals surface area contributed by atoms with Crippen LogP contribution in [0, 0.1) is 6.92 Å². The number of rotatable bonds is 17. The molecule has 0 radical (unpaired) electrons. The van der Waals surface area contributed by atoms with Gasteiger partial charge in [-0.1, -0.05) is 19.2 Å². The number of ether oxygens (including phenoxy) is 5. The second-order valence-corrected chi connectivity index (χ2v) is 10.7. The van der Waals surface area contributed by atoms with Crippen molar-refractivity contribution in [3.8, 4) is 11.5 Å². The molecular weight excluding hydrogens is 670 g/mol. The molecule has 1 N–H and O–H groups in total. The van der Waals surface area contributed by atoms with Crippen LogP contribution < -0.4 is 14.8 Å². The molecule has 0 saturated carbocycles. The Balaban J connectivity index is 0.000000343. The Labute approximate surface area is 283 Å². The van der Waals surface area contributed by atoms with Gasteiger partial charge in [-0.15, -0.1) is 0 Å². The number of benzene rings is 3. The number of aryl methyl sites for hydroxylation is 1. The van der Waals surface area contributed by atoms with E-state index < -0.39 is 11.9 Å². The average molecular weight is 711 g/mol. The van der Waals surface area contributed by atoms with Gasteiger partial charge >= 0.3 is 17.9 Å². The van der Waals surface area contributed by atoms with Crippen molar-refractivity contribution in [2.24, 2.45) is 0 Å². The summed E-state index contributed by atoms with van der Waals surface area (Å²) in [4.78, 5) is 45.2. The number of anilines is 1. The van der Waals surface area contributed by atoms with Crippen molar-refractivity contribution in [3.05, 3.63) is 113 Å². The first-order valence-electron chi connectivity index (χ1n) is 14.9. The Morgan fingerprint density at radius 3 is 1.62 bits per heavy atom. The number of esters is 3. The number of carbonyl (C=O) groups excluding carboxylic acids is 4. The van der Waals surface area contributed by atoms with Gasteiger partial charge in [0.15, 0.2) is 0 Å². The first kappa shape index (κ1) is 38.3. The summed E-state index contributed by atoms with van der Waals surface area (Å²) in [6.45, 7) is 10.4. The van der Waals surface area contributed by atoms with Gasteiger partial charge in [-0.3, -0.25) is 4.79 Å². The fourth-order valence-electron chi connectivity index (χ4n) is 3.68. The highest BCUT2D eigenvalue weighted by atomic mass is 79.9. The molecule has 47 heavy (non-hydrogen) atoms. The molecule has 3 aromatic carbocycles. The van der Waals surface area contributed by atoms with Crippen LogP contribution in [0.1, 0.15) is 52.0 Å². The molecule has 0 spiro atoms. The minimum Gasteiger partial charge on any atom is -0.494 e. The minimum atomic E-state index is -0.414. The SMILES string of the molecule is C=CC(=O)OCCCCOc1ccc(C(=O)Nc2ccc(C)cc2Br)cc1.C=CC(=O)OCCCCOc1ccc(C(=O)OC)cc1. The summed E-state index contributed by atoms with van der Waals surface area (Å²) < 4.78 is 26.3. The molecule has 0 bridgehead atoms. The van der Waals surface area contributed by atoms with Crippen molar-refractivity contribution in [2.45, 2.75) is 32.6 Å². The van der Waals surface area contributed by atoms with E-state index in [-0.39, 0.29) is 11.9 Å². The van der Waals surface area contributed by atoms with Gasteiger partial charge in [0.25, 0.3) is 5.91 Å². The van der Waals surface area contributed by atoms with Gasteiger partial charge in [0.05, 0.1) is 44.8 Å². The average Bonchev–Trinajstić information content (AvgIpc) is 3.09. The molecule has 0 saturated heterocycles. The van der Waals surface area contributed by atoms with Crippen LogP contribution in [0.25, 0.3) is 0 Å². The van der Waals surface area contributed by atoms with Gasteiger partial charge < -0.3 is 29.0 Å². The maximum atomic E-state index is 12.4. The topological polar surface area (TPSA) is 126 Å². The number of unbranched alkanes of at least 4 members (excludes halogenated alkanes) is 2. The van der Waals surface area contributed by atoms with Crippen molar-refractivity contribution in [2.75, 3.05) is 38.9 Å². The third-order valence-corrected chi connectivity index (χ3v) is 6.86. The van der Waals surface area contributed by atoms with Gasteiger partial charge in [-0.2, -0.15) is 0 Å². The lowest BCUT2D eigenvalue weighted by molar-refractivity contribution is -0.138. The van der Waals surface area contributed by atoms with E-state index in [0.29, 0.717) is 55.5 Å². The fraction of sp³-hybridized carbons (Fsp3) is 0.278. The van der Waals surface area contributed by atoms with Gasteiger partial charge in [0.2, 0.25) is 0 Å². The summed E-state index contributed by atoms with van der Waals surface area (Å²) in [7, 11) is 1.34. The van der Waals surface area contributed by atoms with Crippen molar-refractivity contribution in [1.29, 1.82) is 0 Å². The Morgan fingerprint density at radius 1 is 0.702 bits per heavy atom. The van der Waals surface area contributed by atoms with Crippen LogP contribution >= 0.6 is 15.9 Å². The predicted octanol–water partition coefficient (Wildman–Crippen LogP) is 7.26. The van der Waals surface area contributed by atoms with Gasteiger partial charge in [-0.05, 0) is 115 Å². The second-order valence-electron chi connectivity index (χ2n) is 9.83. The van der Waals surface area contributed by atoms with E-state index in [1.54, 1.807) is 48.5 Å². The van der Waals surface area contributed by atoms with Crippen LogP contribution in [-0.2, 0) is 23.8 Å². The summed E-state index contributed by atoms with van der Waals surface area (Å²) >= 11 is 3.45. The highest BCUT2D eigenvalue weighted by molar-refractivity contribution is 9.10. The third-order valence-electron chi connectivity index (χ3n) is 6.20. The number of amides is 1. The lowest BCUT2D eigenvalue weighted by Crippen LogP contribution is -2.12. The van der Waals surface area contributed by atoms with E-state index in [1.165, 1.54) is 7.11 Å². The lowest BCUT2D eigenvalue weighted by Gasteiger charge is -2.09. The number of methoxy groups -OCH3 is 1. The molecule has 3 aromatic rings. The Morgan fingerprint density at radius 2 is 1.17 bits per heavy atom.